The molecule has 1 heterocycles. The Morgan fingerprint density at radius 1 is 1.36 bits per heavy atom. The molecule has 1 rings (SSSR count). The zero-order valence-corrected chi connectivity index (χ0v) is 5.16. The van der Waals surface area contributed by atoms with Gasteiger partial charge in [-0.1, -0.05) is 0 Å². The van der Waals surface area contributed by atoms with Crippen LogP contribution in [0.5, 0.6) is 0 Å². The number of nitrogens with one attached hydrogen (secondary N) is 1. The van der Waals surface area contributed by atoms with Crippen LogP contribution in [0.15, 0.2) is 23.6 Å². The van der Waals surface area contributed by atoms with E-state index in [1.54, 1.807) is 0 Å². The molecule has 2 nitrogen and oxygen atoms in total. The van der Waals surface area contributed by atoms with Gasteiger partial charge >= 0.3 is 0 Å². The quantitative estimate of drug-likeness (QED) is 0.545. The molecule has 0 amide bonds. The molecule has 1 N–H and O–H groups in total. The van der Waals surface area contributed by atoms with E-state index in [1.165, 1.54) is 11.4 Å². The molecule has 0 bridgehead atoms. The van der Waals surface area contributed by atoms with Gasteiger partial charge in [0.15, 0.2) is 5.95 Å². The summed E-state index contributed by atoms with van der Waals surface area (Å²) in [5.41, 5.74) is -0.814. The second-order valence-corrected chi connectivity index (χ2v) is 1.77. The number of hydrogen-bond donors (Lipinski definition) is 1. The molecular weight excluding hydrogens is 157 g/mol. The molecule has 5 heteroatoms. The van der Waals surface area contributed by atoms with Gasteiger partial charge in [0.25, 0.3) is 0 Å². The second-order valence-electron chi connectivity index (χ2n) is 1.77. The third-order valence-electron chi connectivity index (χ3n) is 1.05. The summed E-state index contributed by atoms with van der Waals surface area (Å²) in [5, 5.41) is 9.65. The Morgan fingerprint density at radius 2 is 2.00 bits per heavy atom. The SMILES string of the molecule is N#CC1=C(F)NC(F)=C[C]1F. The van der Waals surface area contributed by atoms with E-state index in [0.29, 0.717) is 6.08 Å². The lowest BCUT2D eigenvalue weighted by Crippen LogP contribution is -2.15. The van der Waals surface area contributed by atoms with Crippen molar-refractivity contribution in [2.24, 2.45) is 0 Å². The molecule has 0 spiro atoms. The summed E-state index contributed by atoms with van der Waals surface area (Å²) in [6.45, 7) is 0. The summed E-state index contributed by atoms with van der Waals surface area (Å²) in [6.07, 6.45) is -0.803. The third kappa shape index (κ3) is 1.34. The average Bonchev–Trinajstić information content (AvgIpc) is 1.85. The van der Waals surface area contributed by atoms with Crippen molar-refractivity contribution in [1.82, 2.24) is 5.32 Å². The molecule has 0 aromatic carbocycles. The minimum absolute atomic E-state index is 0.404. The summed E-state index contributed by atoms with van der Waals surface area (Å²) >= 11 is 0. The van der Waals surface area contributed by atoms with Crippen molar-refractivity contribution in [2.75, 3.05) is 0 Å². The molecule has 0 fully saturated rings. The van der Waals surface area contributed by atoms with Gasteiger partial charge in [-0.2, -0.15) is 14.0 Å². The molecule has 0 atom stereocenters. The van der Waals surface area contributed by atoms with Crippen molar-refractivity contribution in [3.05, 3.63) is 29.7 Å². The first-order chi connectivity index (χ1) is 5.15. The van der Waals surface area contributed by atoms with Gasteiger partial charge in [0, 0.05) is 6.08 Å². The van der Waals surface area contributed by atoms with Crippen LogP contribution in [-0.4, -0.2) is 0 Å². The van der Waals surface area contributed by atoms with Gasteiger partial charge in [0.05, 0.1) is 0 Å². The standard InChI is InChI=1S/C6H2F3N2/c7-4-1-5(8)11-6(9)3(4)2-10/h1,11H. The average molecular weight is 159 g/mol. The van der Waals surface area contributed by atoms with Crippen molar-refractivity contribution in [1.29, 1.82) is 5.26 Å². The summed E-state index contributed by atoms with van der Waals surface area (Å²) in [4.78, 5) is 0. The molecule has 0 unspecified atom stereocenters. The number of nitrogens with zero attached hydrogens (tertiary/aromatic N) is 1. The summed E-state index contributed by atoms with van der Waals surface area (Å²) < 4.78 is 36.8. The Balaban J connectivity index is 2.96. The summed E-state index contributed by atoms with van der Waals surface area (Å²) in [6, 6.07) is 1.24. The largest absolute Gasteiger partial charge is 0.308 e. The lowest BCUT2D eigenvalue weighted by molar-refractivity contribution is 0.453. The van der Waals surface area contributed by atoms with Crippen molar-refractivity contribution >= 4 is 0 Å². The molecule has 1 aliphatic heterocycles. The fourth-order valence-corrected chi connectivity index (χ4v) is 0.594. The van der Waals surface area contributed by atoms with Gasteiger partial charge in [0.1, 0.15) is 11.6 Å². The van der Waals surface area contributed by atoms with Crippen LogP contribution >= 0.6 is 0 Å². The number of dihydropyridines is 1. The van der Waals surface area contributed by atoms with Crippen LogP contribution in [-0.2, 0) is 0 Å². The van der Waals surface area contributed by atoms with Crippen LogP contribution in [0.1, 0.15) is 0 Å². The fraction of sp³-hybridized carbons (Fsp3) is 0. The Hall–Kier alpha value is -1.44. The molecule has 11 heavy (non-hydrogen) atoms. The first kappa shape index (κ1) is 7.66. The Kier molecular flexibility index (Phi) is 1.85. The van der Waals surface area contributed by atoms with Gasteiger partial charge in [-0.15, -0.1) is 0 Å². The third-order valence-corrected chi connectivity index (χ3v) is 1.05. The van der Waals surface area contributed by atoms with Gasteiger partial charge in [-0.3, -0.25) is 0 Å². The second kappa shape index (κ2) is 2.66. The number of hydrogen-bond acceptors (Lipinski definition) is 2. The van der Waals surface area contributed by atoms with E-state index >= 15 is 0 Å². The van der Waals surface area contributed by atoms with Crippen LogP contribution in [0.3, 0.4) is 0 Å². The van der Waals surface area contributed by atoms with E-state index in [0.717, 1.165) is 0 Å². The highest BCUT2D eigenvalue weighted by Crippen LogP contribution is 2.25. The maximum atomic E-state index is 12.4. The molecule has 0 aromatic rings. The highest BCUT2D eigenvalue weighted by atomic mass is 19.2. The van der Waals surface area contributed by atoms with Crippen molar-refractivity contribution < 1.29 is 13.2 Å². The van der Waals surface area contributed by atoms with E-state index < -0.39 is 23.6 Å². The molecule has 0 aromatic heterocycles. The molecule has 0 saturated carbocycles. The maximum Gasteiger partial charge on any atom is 0.215 e. The molecule has 57 valence electrons. The topological polar surface area (TPSA) is 35.8 Å². The molecule has 0 saturated heterocycles. The number of halogens is 3. The molecule has 0 aliphatic carbocycles. The van der Waals surface area contributed by atoms with Crippen molar-refractivity contribution in [3.8, 4) is 6.07 Å². The zero-order chi connectivity index (χ0) is 8.43. The Morgan fingerprint density at radius 3 is 2.45 bits per heavy atom. The lowest BCUT2D eigenvalue weighted by Gasteiger charge is -2.09. The zero-order valence-electron chi connectivity index (χ0n) is 5.16. The maximum absolute atomic E-state index is 12.4. The van der Waals surface area contributed by atoms with Gasteiger partial charge in [-0.25, -0.2) is 4.39 Å². The van der Waals surface area contributed by atoms with E-state index in [4.69, 9.17) is 5.26 Å². The van der Waals surface area contributed by atoms with E-state index in [-0.39, 0.29) is 0 Å². The smallest absolute Gasteiger partial charge is 0.215 e. The summed E-state index contributed by atoms with van der Waals surface area (Å²) in [5.74, 6) is -2.45. The first-order valence-electron chi connectivity index (χ1n) is 2.62. The van der Waals surface area contributed by atoms with E-state index in [9.17, 15) is 13.2 Å². The Bertz CT molecular complexity index is 274. The number of nitriles is 1. The Labute approximate surface area is 60.6 Å². The van der Waals surface area contributed by atoms with Crippen LogP contribution in [0.2, 0.25) is 0 Å². The molecular formula is C6H2F3N2. The van der Waals surface area contributed by atoms with Crippen LogP contribution in [0.25, 0.3) is 0 Å². The van der Waals surface area contributed by atoms with Crippen LogP contribution < -0.4 is 5.32 Å². The predicted octanol–water partition coefficient (Wildman–Crippen LogP) is 1.61. The monoisotopic (exact) mass is 159 g/mol. The van der Waals surface area contributed by atoms with Crippen molar-refractivity contribution in [3.63, 3.8) is 0 Å². The fourth-order valence-electron chi connectivity index (χ4n) is 0.594. The highest BCUT2D eigenvalue weighted by molar-refractivity contribution is 5.44. The van der Waals surface area contributed by atoms with E-state index in [1.807, 2.05) is 0 Å². The number of allylic oxidation sites excluding steroid dienone is 2. The minimum Gasteiger partial charge on any atom is -0.308 e. The van der Waals surface area contributed by atoms with Crippen LogP contribution in [0, 0.1) is 17.5 Å². The molecule has 1 radical (unpaired) electrons. The van der Waals surface area contributed by atoms with Gasteiger partial charge in [0.2, 0.25) is 12.1 Å². The van der Waals surface area contributed by atoms with Gasteiger partial charge in [-0.05, 0) is 0 Å². The summed E-state index contributed by atoms with van der Waals surface area (Å²) in [7, 11) is 0. The normalized spacial score (nSPS) is 18.9. The van der Waals surface area contributed by atoms with Crippen molar-refractivity contribution in [2.45, 2.75) is 0 Å². The lowest BCUT2D eigenvalue weighted by atomic mass is 10.1. The van der Waals surface area contributed by atoms with Gasteiger partial charge < -0.3 is 5.32 Å². The van der Waals surface area contributed by atoms with Crippen LogP contribution in [0.4, 0.5) is 13.2 Å². The highest BCUT2D eigenvalue weighted by Gasteiger charge is 2.24. The predicted molar refractivity (Wildman–Crippen MR) is 30.4 cm³/mol. The minimum atomic E-state index is -1.30. The van der Waals surface area contributed by atoms with E-state index in [2.05, 4.69) is 0 Å². The number of rotatable bonds is 0. The first-order valence-corrected chi connectivity index (χ1v) is 2.62. The molecule has 1 aliphatic rings.